The number of likely N-dealkylation sites (tertiary alicyclic amines) is 1. The summed E-state index contributed by atoms with van der Waals surface area (Å²) in [4.78, 5) is 13.7. The molecule has 8 nitrogen and oxygen atoms in total. The van der Waals surface area contributed by atoms with Crippen molar-refractivity contribution in [1.82, 2.24) is 30.3 Å². The lowest BCUT2D eigenvalue weighted by molar-refractivity contribution is 0.255. The molecule has 0 bridgehead atoms. The van der Waals surface area contributed by atoms with Gasteiger partial charge in [0.25, 0.3) is 0 Å². The number of H-pyrrole nitrogens is 1. The second-order valence-electron chi connectivity index (χ2n) is 6.57. The van der Waals surface area contributed by atoms with Crippen molar-refractivity contribution in [3.05, 3.63) is 24.2 Å². The van der Waals surface area contributed by atoms with Crippen LogP contribution in [0.25, 0.3) is 11.6 Å². The predicted octanol–water partition coefficient (Wildman–Crippen LogP) is 1.80. The summed E-state index contributed by atoms with van der Waals surface area (Å²) >= 11 is 0. The van der Waals surface area contributed by atoms with Crippen LogP contribution in [0.4, 0.5) is 0 Å². The molecule has 8 heteroatoms. The Morgan fingerprint density at radius 3 is 3.00 bits per heavy atom. The highest BCUT2D eigenvalue weighted by atomic mass is 16.3. The molecule has 2 N–H and O–H groups in total. The highest BCUT2D eigenvalue weighted by Gasteiger charge is 2.26. The van der Waals surface area contributed by atoms with Gasteiger partial charge in [0.15, 0.2) is 11.7 Å². The van der Waals surface area contributed by atoms with Gasteiger partial charge in [-0.2, -0.15) is 0 Å². The van der Waals surface area contributed by atoms with Gasteiger partial charge in [-0.25, -0.2) is 4.98 Å². The Bertz CT molecular complexity index is 690. The molecule has 0 radical (unpaired) electrons. The Labute approximate surface area is 154 Å². The third-order valence-corrected chi connectivity index (χ3v) is 4.90. The maximum atomic E-state index is 5.32. The lowest BCUT2D eigenvalue weighted by atomic mass is 10.1. The molecule has 1 aliphatic heterocycles. The Morgan fingerprint density at radius 1 is 1.46 bits per heavy atom. The van der Waals surface area contributed by atoms with Gasteiger partial charge in [-0.15, -0.1) is 5.10 Å². The zero-order chi connectivity index (χ0) is 18.4. The molecule has 1 unspecified atom stereocenters. The summed E-state index contributed by atoms with van der Waals surface area (Å²) in [5.41, 5.74) is 0. The van der Waals surface area contributed by atoms with Gasteiger partial charge >= 0.3 is 0 Å². The third kappa shape index (κ3) is 4.43. The largest absolute Gasteiger partial charge is 0.461 e. The number of rotatable bonds is 7. The molecule has 0 spiro atoms. The van der Waals surface area contributed by atoms with E-state index in [0.29, 0.717) is 24.0 Å². The summed E-state index contributed by atoms with van der Waals surface area (Å²) in [5.74, 6) is 3.61. The summed E-state index contributed by atoms with van der Waals surface area (Å²) in [6.45, 7) is 10.5. The van der Waals surface area contributed by atoms with E-state index in [1.54, 1.807) is 6.26 Å². The van der Waals surface area contributed by atoms with Gasteiger partial charge < -0.3 is 19.5 Å². The minimum atomic E-state index is 0.553. The second-order valence-corrected chi connectivity index (χ2v) is 6.57. The lowest BCUT2D eigenvalue weighted by Crippen LogP contribution is -2.40. The van der Waals surface area contributed by atoms with Crippen molar-refractivity contribution in [1.29, 1.82) is 0 Å². The topological polar surface area (TPSA) is 85.6 Å². The van der Waals surface area contributed by atoms with Crippen LogP contribution in [0.2, 0.25) is 0 Å². The van der Waals surface area contributed by atoms with E-state index in [-0.39, 0.29) is 0 Å². The average Bonchev–Trinajstić information content (AvgIpc) is 3.41. The van der Waals surface area contributed by atoms with Gasteiger partial charge in [-0.3, -0.25) is 10.1 Å². The average molecular weight is 359 g/mol. The first-order chi connectivity index (χ1) is 12.7. The van der Waals surface area contributed by atoms with Crippen molar-refractivity contribution in [3.8, 4) is 11.6 Å². The zero-order valence-electron chi connectivity index (χ0n) is 15.9. The van der Waals surface area contributed by atoms with E-state index in [4.69, 9.17) is 4.42 Å². The molecule has 2 aromatic rings. The molecular weight excluding hydrogens is 330 g/mol. The van der Waals surface area contributed by atoms with Gasteiger partial charge in [-0.1, -0.05) is 13.8 Å². The number of aliphatic imine (C=N–C) groups is 1. The first kappa shape index (κ1) is 18.4. The number of aromatic amines is 1. The normalized spacial score (nSPS) is 18.1. The maximum absolute atomic E-state index is 5.32. The number of guanidine groups is 1. The molecule has 0 aliphatic carbocycles. The van der Waals surface area contributed by atoms with Crippen molar-refractivity contribution in [2.45, 2.75) is 26.8 Å². The molecule has 0 aromatic carbocycles. The molecule has 26 heavy (non-hydrogen) atoms. The fourth-order valence-electron chi connectivity index (χ4n) is 3.41. The molecule has 2 aromatic heterocycles. The van der Waals surface area contributed by atoms with E-state index in [1.165, 1.54) is 6.42 Å². The van der Waals surface area contributed by atoms with Crippen LogP contribution in [0.5, 0.6) is 0 Å². The van der Waals surface area contributed by atoms with Gasteiger partial charge in [0.1, 0.15) is 5.82 Å². The summed E-state index contributed by atoms with van der Waals surface area (Å²) in [6, 6.07) is 3.67. The van der Waals surface area contributed by atoms with E-state index in [0.717, 1.165) is 44.5 Å². The molecular formula is C18H29N7O. The Balaban J connectivity index is 1.51. The maximum Gasteiger partial charge on any atom is 0.216 e. The highest BCUT2D eigenvalue weighted by Crippen LogP contribution is 2.18. The van der Waals surface area contributed by atoms with Gasteiger partial charge in [0, 0.05) is 26.7 Å². The number of furan rings is 1. The molecule has 1 atom stereocenters. The molecule has 1 fully saturated rings. The molecule has 3 heterocycles. The quantitative estimate of drug-likeness (QED) is 0.579. The van der Waals surface area contributed by atoms with Gasteiger partial charge in [-0.05, 0) is 37.6 Å². The third-order valence-electron chi connectivity index (χ3n) is 4.90. The van der Waals surface area contributed by atoms with Crippen molar-refractivity contribution < 1.29 is 4.42 Å². The van der Waals surface area contributed by atoms with Crippen molar-refractivity contribution in [3.63, 3.8) is 0 Å². The Morgan fingerprint density at radius 2 is 2.31 bits per heavy atom. The highest BCUT2D eigenvalue weighted by molar-refractivity contribution is 5.80. The first-order valence-corrected chi connectivity index (χ1v) is 9.36. The Hall–Kier alpha value is -2.35. The van der Waals surface area contributed by atoms with E-state index in [1.807, 2.05) is 19.2 Å². The van der Waals surface area contributed by atoms with Crippen LogP contribution in [-0.2, 0) is 6.54 Å². The number of hydrogen-bond donors (Lipinski definition) is 2. The molecule has 1 saturated heterocycles. The zero-order valence-corrected chi connectivity index (χ0v) is 15.9. The van der Waals surface area contributed by atoms with Crippen molar-refractivity contribution in [2.24, 2.45) is 10.9 Å². The molecule has 3 rings (SSSR count). The van der Waals surface area contributed by atoms with E-state index >= 15 is 0 Å². The molecule has 0 amide bonds. The molecule has 142 valence electrons. The van der Waals surface area contributed by atoms with Crippen LogP contribution in [0.15, 0.2) is 27.8 Å². The van der Waals surface area contributed by atoms with Gasteiger partial charge in [0.2, 0.25) is 5.82 Å². The van der Waals surface area contributed by atoms with Crippen LogP contribution < -0.4 is 5.32 Å². The second kappa shape index (κ2) is 8.84. The number of nitrogens with zero attached hydrogens (tertiary/aromatic N) is 5. The minimum Gasteiger partial charge on any atom is -0.461 e. The number of nitrogens with one attached hydrogen (secondary N) is 2. The molecule has 1 aliphatic rings. The Kier molecular flexibility index (Phi) is 6.27. The van der Waals surface area contributed by atoms with E-state index in [9.17, 15) is 0 Å². The van der Waals surface area contributed by atoms with Crippen LogP contribution in [0.3, 0.4) is 0 Å². The van der Waals surface area contributed by atoms with E-state index in [2.05, 4.69) is 49.1 Å². The summed E-state index contributed by atoms with van der Waals surface area (Å²) in [6.07, 6.45) is 2.83. The predicted molar refractivity (Wildman–Crippen MR) is 102 cm³/mol. The summed E-state index contributed by atoms with van der Waals surface area (Å²) < 4.78 is 5.32. The van der Waals surface area contributed by atoms with Crippen LogP contribution in [0.1, 0.15) is 26.1 Å². The minimum absolute atomic E-state index is 0.553. The van der Waals surface area contributed by atoms with E-state index < -0.39 is 0 Å². The number of hydrogen-bond acceptors (Lipinski definition) is 5. The molecule has 0 saturated carbocycles. The van der Waals surface area contributed by atoms with Gasteiger partial charge in [0.05, 0.1) is 12.8 Å². The fourth-order valence-corrected chi connectivity index (χ4v) is 3.41. The summed E-state index contributed by atoms with van der Waals surface area (Å²) in [5, 5.41) is 10.5. The number of aromatic nitrogens is 3. The van der Waals surface area contributed by atoms with Crippen LogP contribution >= 0.6 is 0 Å². The SMILES string of the molecule is CCN(CC)CC1CCN(C(=NC)NCc2nc(-c3ccco3)n[nH]2)C1. The fraction of sp³-hybridized carbons (Fsp3) is 0.611. The first-order valence-electron chi connectivity index (χ1n) is 9.36. The monoisotopic (exact) mass is 359 g/mol. The van der Waals surface area contributed by atoms with Crippen molar-refractivity contribution in [2.75, 3.05) is 39.8 Å². The lowest BCUT2D eigenvalue weighted by Gasteiger charge is -2.24. The van der Waals surface area contributed by atoms with Crippen LogP contribution in [0, 0.1) is 5.92 Å². The summed E-state index contributed by atoms with van der Waals surface area (Å²) in [7, 11) is 1.83. The van der Waals surface area contributed by atoms with Crippen molar-refractivity contribution >= 4 is 5.96 Å². The van der Waals surface area contributed by atoms with Crippen LogP contribution in [-0.4, -0.2) is 70.7 Å². The standard InChI is InChI=1S/C18H29N7O/c1-4-24(5-2)12-14-8-9-25(13-14)18(19-3)20-11-16-21-17(23-22-16)15-7-6-10-26-15/h6-7,10,14H,4-5,8-9,11-13H2,1-3H3,(H,19,20)(H,21,22,23). The smallest absolute Gasteiger partial charge is 0.216 e.